The Bertz CT molecular complexity index is 1050. The molecule has 0 unspecified atom stereocenters. The highest BCUT2D eigenvalue weighted by Crippen LogP contribution is 2.44. The first kappa shape index (κ1) is 20.0. The highest BCUT2D eigenvalue weighted by molar-refractivity contribution is 6.32. The normalized spacial score (nSPS) is 12.5. The minimum atomic E-state index is -0.451. The average Bonchev–Trinajstić information content (AvgIpc) is 3.10. The highest BCUT2D eigenvalue weighted by atomic mass is 35.5. The van der Waals surface area contributed by atoms with Gasteiger partial charge in [-0.15, -0.1) is 0 Å². The molecule has 152 valence electrons. The molecule has 30 heavy (non-hydrogen) atoms. The largest absolute Gasteiger partial charge is 0.496 e. The van der Waals surface area contributed by atoms with E-state index in [1.807, 2.05) is 48.6 Å². The van der Waals surface area contributed by atoms with E-state index in [1.54, 1.807) is 13.2 Å². The van der Waals surface area contributed by atoms with E-state index in [0.29, 0.717) is 23.9 Å². The second-order valence-electron chi connectivity index (χ2n) is 6.96. The van der Waals surface area contributed by atoms with Gasteiger partial charge in [0.2, 0.25) is 0 Å². The first-order chi connectivity index (χ1) is 14.7. The summed E-state index contributed by atoms with van der Waals surface area (Å²) in [5, 5.41) is 3.34. The molecule has 1 aliphatic rings. The maximum absolute atomic E-state index is 12.2. The lowest BCUT2D eigenvalue weighted by Crippen LogP contribution is -2.26. The van der Waals surface area contributed by atoms with Crippen LogP contribution in [0.2, 0.25) is 5.02 Å². The van der Waals surface area contributed by atoms with Gasteiger partial charge in [-0.2, -0.15) is 0 Å². The Morgan fingerprint density at radius 1 is 1.00 bits per heavy atom. The van der Waals surface area contributed by atoms with Crippen molar-refractivity contribution < 1.29 is 14.3 Å². The molecule has 0 saturated carbocycles. The first-order valence-electron chi connectivity index (χ1n) is 9.77. The summed E-state index contributed by atoms with van der Waals surface area (Å²) in [6.07, 6.45) is 3.18. The smallest absolute Gasteiger partial charge is 0.407 e. The summed E-state index contributed by atoms with van der Waals surface area (Å²) in [7, 11) is 1.60. The molecule has 4 nitrogen and oxygen atoms in total. The monoisotopic (exact) mass is 419 g/mol. The van der Waals surface area contributed by atoms with Gasteiger partial charge < -0.3 is 14.8 Å². The zero-order valence-corrected chi connectivity index (χ0v) is 17.4. The van der Waals surface area contributed by atoms with E-state index in [-0.39, 0.29) is 5.92 Å². The molecule has 3 aromatic carbocycles. The van der Waals surface area contributed by atoms with Gasteiger partial charge in [0.05, 0.1) is 12.1 Å². The van der Waals surface area contributed by atoms with Crippen LogP contribution in [0, 0.1) is 0 Å². The number of carbonyl (C=O) groups is 1. The van der Waals surface area contributed by atoms with Gasteiger partial charge >= 0.3 is 6.09 Å². The maximum Gasteiger partial charge on any atom is 0.407 e. The molecule has 0 heterocycles. The van der Waals surface area contributed by atoms with Crippen molar-refractivity contribution in [2.24, 2.45) is 0 Å². The Kier molecular flexibility index (Phi) is 6.05. The van der Waals surface area contributed by atoms with Gasteiger partial charge in [0.1, 0.15) is 12.4 Å². The summed E-state index contributed by atoms with van der Waals surface area (Å²) in [6, 6.07) is 22.0. The van der Waals surface area contributed by atoms with E-state index >= 15 is 0 Å². The molecular weight excluding hydrogens is 398 g/mol. The van der Waals surface area contributed by atoms with Crippen molar-refractivity contribution >= 4 is 23.8 Å². The minimum Gasteiger partial charge on any atom is -0.496 e. The molecule has 3 aromatic rings. The first-order valence-corrected chi connectivity index (χ1v) is 10.1. The number of halogens is 1. The fraction of sp³-hybridized carbons (Fsp3) is 0.160. The summed E-state index contributed by atoms with van der Waals surface area (Å²) >= 11 is 6.21. The number of carbonyl (C=O) groups excluding carboxylic acids is 1. The predicted octanol–water partition coefficient (Wildman–Crippen LogP) is 5.90. The Morgan fingerprint density at radius 2 is 1.67 bits per heavy atom. The van der Waals surface area contributed by atoms with E-state index in [0.717, 1.165) is 5.56 Å². The molecular formula is C25H22ClNO3. The summed E-state index contributed by atoms with van der Waals surface area (Å²) in [6.45, 7) is 0.618. The topological polar surface area (TPSA) is 47.6 Å². The number of ether oxygens (including phenoxy) is 2. The number of hydrogen-bond donors (Lipinski definition) is 1. The molecule has 0 fully saturated rings. The SMILES string of the molecule is COc1cccc(Cl)c1C=CCNC(=O)OCC1c2ccccc2-c2ccccc21. The Balaban J connectivity index is 1.35. The quantitative estimate of drug-likeness (QED) is 0.541. The van der Waals surface area contributed by atoms with Gasteiger partial charge in [0.25, 0.3) is 0 Å². The van der Waals surface area contributed by atoms with Gasteiger partial charge in [0, 0.05) is 18.0 Å². The van der Waals surface area contributed by atoms with Crippen LogP contribution in [0.5, 0.6) is 5.75 Å². The molecule has 0 radical (unpaired) electrons. The van der Waals surface area contributed by atoms with Crippen LogP contribution < -0.4 is 10.1 Å². The lowest BCUT2D eigenvalue weighted by atomic mass is 9.98. The van der Waals surface area contributed by atoms with Gasteiger partial charge in [-0.3, -0.25) is 0 Å². The number of benzene rings is 3. The summed E-state index contributed by atoms with van der Waals surface area (Å²) < 4.78 is 10.8. The molecule has 1 N–H and O–H groups in total. The van der Waals surface area contributed by atoms with Crippen molar-refractivity contribution in [2.75, 3.05) is 20.3 Å². The third kappa shape index (κ3) is 4.05. The molecule has 1 aliphatic carbocycles. The lowest BCUT2D eigenvalue weighted by molar-refractivity contribution is 0.144. The lowest BCUT2D eigenvalue weighted by Gasteiger charge is -2.14. The van der Waals surface area contributed by atoms with Crippen LogP contribution in [0.3, 0.4) is 0 Å². The molecule has 0 spiro atoms. The number of rotatable bonds is 6. The zero-order valence-electron chi connectivity index (χ0n) is 16.6. The van der Waals surface area contributed by atoms with Crippen molar-refractivity contribution in [1.29, 1.82) is 0 Å². The Labute approximate surface area is 181 Å². The van der Waals surface area contributed by atoms with E-state index in [1.165, 1.54) is 22.3 Å². The summed E-state index contributed by atoms with van der Waals surface area (Å²) in [5.41, 5.74) is 5.57. The van der Waals surface area contributed by atoms with Crippen LogP contribution in [0.15, 0.2) is 72.8 Å². The number of nitrogens with one attached hydrogen (secondary N) is 1. The molecule has 5 heteroatoms. The second-order valence-corrected chi connectivity index (χ2v) is 7.37. The Hall–Kier alpha value is -3.24. The van der Waals surface area contributed by atoms with Crippen LogP contribution >= 0.6 is 11.6 Å². The number of amides is 1. The molecule has 1 amide bonds. The number of hydrogen-bond acceptors (Lipinski definition) is 3. The fourth-order valence-corrected chi connectivity index (χ4v) is 4.05. The van der Waals surface area contributed by atoms with E-state index in [4.69, 9.17) is 21.1 Å². The van der Waals surface area contributed by atoms with Gasteiger partial charge in [-0.05, 0) is 34.4 Å². The van der Waals surface area contributed by atoms with Crippen LogP contribution in [-0.4, -0.2) is 26.4 Å². The van der Waals surface area contributed by atoms with Gasteiger partial charge in [-0.1, -0.05) is 78.4 Å². The average molecular weight is 420 g/mol. The molecule has 0 aromatic heterocycles. The highest BCUT2D eigenvalue weighted by Gasteiger charge is 2.28. The second kappa shape index (κ2) is 9.06. The fourth-order valence-electron chi connectivity index (χ4n) is 3.83. The van der Waals surface area contributed by atoms with Crippen molar-refractivity contribution in [3.05, 3.63) is 94.5 Å². The molecule has 0 atom stereocenters. The van der Waals surface area contributed by atoms with E-state index in [2.05, 4.69) is 29.6 Å². The van der Waals surface area contributed by atoms with Crippen LogP contribution in [0.4, 0.5) is 4.79 Å². The van der Waals surface area contributed by atoms with Crippen molar-refractivity contribution in [1.82, 2.24) is 5.32 Å². The number of alkyl carbamates (subject to hydrolysis) is 1. The van der Waals surface area contributed by atoms with Crippen molar-refractivity contribution in [3.8, 4) is 16.9 Å². The molecule has 0 aliphatic heterocycles. The van der Waals surface area contributed by atoms with Gasteiger partial charge in [-0.25, -0.2) is 4.79 Å². The van der Waals surface area contributed by atoms with Crippen LogP contribution in [-0.2, 0) is 4.74 Å². The van der Waals surface area contributed by atoms with Crippen molar-refractivity contribution in [3.63, 3.8) is 0 Å². The molecule has 0 bridgehead atoms. The van der Waals surface area contributed by atoms with E-state index < -0.39 is 6.09 Å². The molecule has 0 saturated heterocycles. The van der Waals surface area contributed by atoms with E-state index in [9.17, 15) is 4.79 Å². The van der Waals surface area contributed by atoms with Crippen molar-refractivity contribution in [2.45, 2.75) is 5.92 Å². The minimum absolute atomic E-state index is 0.0473. The summed E-state index contributed by atoms with van der Waals surface area (Å²) in [5.74, 6) is 0.728. The standard InChI is InChI=1S/C25H22ClNO3/c1-29-24-14-6-13-23(26)21(24)12-7-15-27-25(28)30-16-22-19-10-4-2-8-17(19)18-9-3-5-11-20(18)22/h2-14,22H,15-16H2,1H3,(H,27,28). The number of methoxy groups -OCH3 is 1. The third-order valence-electron chi connectivity index (χ3n) is 5.23. The molecule has 4 rings (SSSR count). The van der Waals surface area contributed by atoms with Gasteiger partial charge in [0.15, 0.2) is 0 Å². The third-order valence-corrected chi connectivity index (χ3v) is 5.55. The van der Waals surface area contributed by atoms with Crippen LogP contribution in [0.25, 0.3) is 17.2 Å². The Morgan fingerprint density at radius 3 is 2.33 bits per heavy atom. The maximum atomic E-state index is 12.2. The predicted molar refractivity (Wildman–Crippen MR) is 120 cm³/mol. The van der Waals surface area contributed by atoms with Crippen LogP contribution in [0.1, 0.15) is 22.6 Å². The zero-order chi connectivity index (χ0) is 20.9. The summed E-state index contributed by atoms with van der Waals surface area (Å²) in [4.78, 5) is 12.2. The number of fused-ring (bicyclic) bond motifs is 3.